The first-order valence-electron chi connectivity index (χ1n) is 13.1. The van der Waals surface area contributed by atoms with E-state index in [9.17, 15) is 14.4 Å². The number of aromatic nitrogens is 1. The molecule has 2 fully saturated rings. The fraction of sp³-hybridized carbons (Fsp3) is 0.414. The summed E-state index contributed by atoms with van der Waals surface area (Å²) in [5.74, 6) is 0.00392. The van der Waals surface area contributed by atoms with Gasteiger partial charge in [-0.05, 0) is 67.7 Å². The van der Waals surface area contributed by atoms with E-state index in [2.05, 4.69) is 58.4 Å². The number of benzene rings is 2. The summed E-state index contributed by atoms with van der Waals surface area (Å²) < 4.78 is 8.35. The maximum absolute atomic E-state index is 13.2. The second kappa shape index (κ2) is 8.18. The first-order chi connectivity index (χ1) is 17.9. The van der Waals surface area contributed by atoms with Gasteiger partial charge in [-0.3, -0.25) is 24.6 Å². The number of nitrogens with zero attached hydrogens (tertiary/aromatic N) is 3. The van der Waals surface area contributed by atoms with Crippen molar-refractivity contribution < 1.29 is 19.1 Å². The van der Waals surface area contributed by atoms with Crippen LogP contribution in [0.15, 0.2) is 42.6 Å². The Labute approximate surface area is 215 Å². The lowest BCUT2D eigenvalue weighted by Crippen LogP contribution is -2.52. The van der Waals surface area contributed by atoms with E-state index in [1.54, 1.807) is 4.90 Å². The molecule has 37 heavy (non-hydrogen) atoms. The average Bonchev–Trinajstić information content (AvgIpc) is 3.54. The molecule has 5 heterocycles. The summed E-state index contributed by atoms with van der Waals surface area (Å²) in [4.78, 5) is 41.3. The molecule has 8 nitrogen and oxygen atoms in total. The highest BCUT2D eigenvalue weighted by atomic mass is 16.5. The zero-order valence-corrected chi connectivity index (χ0v) is 21.0. The van der Waals surface area contributed by atoms with Gasteiger partial charge in [0, 0.05) is 60.2 Å². The van der Waals surface area contributed by atoms with E-state index in [4.69, 9.17) is 4.74 Å². The predicted molar refractivity (Wildman–Crippen MR) is 137 cm³/mol. The highest BCUT2D eigenvalue weighted by molar-refractivity contribution is 6.05. The molecule has 0 radical (unpaired) electrons. The minimum Gasteiger partial charge on any atom is -0.492 e. The molecule has 2 aromatic carbocycles. The largest absolute Gasteiger partial charge is 0.492 e. The van der Waals surface area contributed by atoms with Gasteiger partial charge in [0.1, 0.15) is 11.8 Å². The van der Waals surface area contributed by atoms with Crippen LogP contribution < -0.4 is 10.1 Å². The van der Waals surface area contributed by atoms with E-state index >= 15 is 0 Å². The van der Waals surface area contributed by atoms with E-state index < -0.39 is 6.04 Å². The molecule has 0 saturated carbocycles. The van der Waals surface area contributed by atoms with Crippen LogP contribution in [0.2, 0.25) is 0 Å². The number of hydrogen-bond donors (Lipinski definition) is 1. The molecule has 1 atom stereocenters. The van der Waals surface area contributed by atoms with Crippen LogP contribution in [0.5, 0.6) is 5.75 Å². The van der Waals surface area contributed by atoms with Crippen molar-refractivity contribution in [3.8, 4) is 5.75 Å². The first kappa shape index (κ1) is 22.5. The van der Waals surface area contributed by atoms with Gasteiger partial charge in [0.25, 0.3) is 5.91 Å². The average molecular weight is 499 g/mol. The SMILES string of the molecule is Cn1ccc2c(CN3CCC4(CC3)COc3cc5c(cc34)CN(C3CCC(=O)NC3=O)C5=O)cccc21. The molecule has 7 rings (SSSR count). The van der Waals surface area contributed by atoms with Crippen molar-refractivity contribution in [1.82, 2.24) is 19.7 Å². The van der Waals surface area contributed by atoms with Crippen molar-refractivity contribution in [2.75, 3.05) is 19.7 Å². The number of carbonyl (C=O) groups excluding carboxylic acids is 3. The second-order valence-electron chi connectivity index (χ2n) is 11.0. The van der Waals surface area contributed by atoms with Crippen molar-refractivity contribution in [3.05, 3.63) is 64.8 Å². The summed E-state index contributed by atoms with van der Waals surface area (Å²) in [5.41, 5.74) is 5.37. The van der Waals surface area contributed by atoms with E-state index in [0.29, 0.717) is 25.1 Å². The number of fused-ring (bicyclic) bond motifs is 4. The molecule has 3 aromatic rings. The van der Waals surface area contributed by atoms with Crippen LogP contribution in [0.4, 0.5) is 0 Å². The molecule has 0 bridgehead atoms. The molecule has 3 amide bonds. The van der Waals surface area contributed by atoms with Gasteiger partial charge in [-0.1, -0.05) is 12.1 Å². The van der Waals surface area contributed by atoms with E-state index in [1.165, 1.54) is 22.0 Å². The molecule has 8 heteroatoms. The Hall–Kier alpha value is -3.65. The monoisotopic (exact) mass is 498 g/mol. The highest BCUT2D eigenvalue weighted by Gasteiger charge is 2.46. The summed E-state index contributed by atoms with van der Waals surface area (Å²) in [6.07, 6.45) is 4.77. The Morgan fingerprint density at radius 3 is 2.76 bits per heavy atom. The molecule has 1 unspecified atom stereocenters. The molecule has 190 valence electrons. The Bertz CT molecular complexity index is 1470. The Balaban J connectivity index is 1.09. The number of likely N-dealkylation sites (tertiary alicyclic amines) is 1. The van der Waals surface area contributed by atoms with Gasteiger partial charge in [-0.15, -0.1) is 0 Å². The third-order valence-corrected chi connectivity index (χ3v) is 8.92. The van der Waals surface area contributed by atoms with Crippen LogP contribution in [0.1, 0.15) is 52.7 Å². The topological polar surface area (TPSA) is 83.9 Å². The molecular weight excluding hydrogens is 468 g/mol. The van der Waals surface area contributed by atoms with E-state index in [0.717, 1.165) is 43.8 Å². The fourth-order valence-electron chi connectivity index (χ4n) is 6.72. The lowest BCUT2D eigenvalue weighted by atomic mass is 9.73. The van der Waals surface area contributed by atoms with Gasteiger partial charge in [-0.25, -0.2) is 0 Å². The maximum Gasteiger partial charge on any atom is 0.255 e. The number of amides is 3. The predicted octanol–water partition coefficient (Wildman–Crippen LogP) is 2.87. The van der Waals surface area contributed by atoms with Gasteiger partial charge >= 0.3 is 0 Å². The summed E-state index contributed by atoms with van der Waals surface area (Å²) in [6, 6.07) is 12.2. The molecule has 0 aliphatic carbocycles. The van der Waals surface area contributed by atoms with Crippen LogP contribution in [0.25, 0.3) is 10.9 Å². The number of piperidine rings is 2. The third-order valence-electron chi connectivity index (χ3n) is 8.92. The summed E-state index contributed by atoms with van der Waals surface area (Å²) in [6.45, 7) is 3.97. The fourth-order valence-corrected chi connectivity index (χ4v) is 6.72. The van der Waals surface area contributed by atoms with Crippen molar-refractivity contribution in [1.29, 1.82) is 0 Å². The van der Waals surface area contributed by atoms with Crippen molar-refractivity contribution in [2.24, 2.45) is 7.05 Å². The van der Waals surface area contributed by atoms with Crippen LogP contribution in [-0.4, -0.2) is 57.8 Å². The lowest BCUT2D eigenvalue weighted by Gasteiger charge is -2.38. The molecule has 1 spiro atoms. The van der Waals surface area contributed by atoms with Crippen LogP contribution >= 0.6 is 0 Å². The van der Waals surface area contributed by atoms with Crippen molar-refractivity contribution in [2.45, 2.75) is 50.2 Å². The summed E-state index contributed by atoms with van der Waals surface area (Å²) in [7, 11) is 2.09. The third kappa shape index (κ3) is 3.49. The highest BCUT2D eigenvalue weighted by Crippen LogP contribution is 2.48. The summed E-state index contributed by atoms with van der Waals surface area (Å²) in [5, 5.41) is 3.70. The Kier molecular flexibility index (Phi) is 4.98. The molecule has 2 saturated heterocycles. The first-order valence-corrected chi connectivity index (χ1v) is 13.1. The molecule has 1 N–H and O–H groups in total. The van der Waals surface area contributed by atoms with E-state index in [-0.39, 0.29) is 29.6 Å². The van der Waals surface area contributed by atoms with Gasteiger partial charge in [-0.2, -0.15) is 0 Å². The lowest BCUT2D eigenvalue weighted by molar-refractivity contribution is -0.136. The standard InChI is InChI=1S/C29H30N4O4/c1-31-10-7-20-18(3-2-4-23(20)31)15-32-11-8-29(9-12-32)17-37-25-14-21-19(13-22(25)29)16-33(28(21)36)24-5-6-26(34)30-27(24)35/h2-4,7,10,13-14,24H,5-6,8-9,11-12,15-17H2,1H3,(H,30,34,35). The van der Waals surface area contributed by atoms with Gasteiger partial charge < -0.3 is 14.2 Å². The quantitative estimate of drug-likeness (QED) is 0.562. The van der Waals surface area contributed by atoms with Crippen LogP contribution in [-0.2, 0) is 35.1 Å². The number of imide groups is 1. The van der Waals surface area contributed by atoms with Crippen LogP contribution in [0.3, 0.4) is 0 Å². The smallest absolute Gasteiger partial charge is 0.255 e. The van der Waals surface area contributed by atoms with Crippen LogP contribution in [0, 0.1) is 0 Å². The number of nitrogens with one attached hydrogen (secondary N) is 1. The maximum atomic E-state index is 13.2. The van der Waals surface area contributed by atoms with Gasteiger partial charge in [0.15, 0.2) is 0 Å². The Morgan fingerprint density at radius 2 is 1.95 bits per heavy atom. The van der Waals surface area contributed by atoms with Gasteiger partial charge in [0.2, 0.25) is 11.8 Å². The summed E-state index contributed by atoms with van der Waals surface area (Å²) >= 11 is 0. The van der Waals surface area contributed by atoms with Crippen molar-refractivity contribution >= 4 is 28.6 Å². The minimum absolute atomic E-state index is 0.0370. The molecule has 4 aliphatic heterocycles. The molecule has 4 aliphatic rings. The van der Waals surface area contributed by atoms with Gasteiger partial charge in [0.05, 0.1) is 6.61 Å². The Morgan fingerprint density at radius 1 is 1.11 bits per heavy atom. The number of ether oxygens (including phenoxy) is 1. The van der Waals surface area contributed by atoms with E-state index in [1.807, 2.05) is 6.07 Å². The zero-order valence-electron chi connectivity index (χ0n) is 21.0. The molecule has 1 aromatic heterocycles. The molecular formula is C29H30N4O4. The second-order valence-corrected chi connectivity index (χ2v) is 11.0. The number of hydrogen-bond acceptors (Lipinski definition) is 5. The number of carbonyl (C=O) groups is 3. The number of aryl methyl sites for hydroxylation is 1. The minimum atomic E-state index is -0.598. The normalized spacial score (nSPS) is 22.9. The number of rotatable bonds is 3. The zero-order chi connectivity index (χ0) is 25.3. The van der Waals surface area contributed by atoms with Crippen molar-refractivity contribution in [3.63, 3.8) is 0 Å².